The van der Waals surface area contributed by atoms with Crippen molar-refractivity contribution in [3.05, 3.63) is 11.9 Å². The van der Waals surface area contributed by atoms with Crippen molar-refractivity contribution >= 4 is 12.4 Å². The molecule has 2 nitrogen and oxygen atoms in total. The van der Waals surface area contributed by atoms with E-state index in [1.807, 2.05) is 6.20 Å². The maximum absolute atomic E-state index is 4.49. The average molecular weight is 236 g/mol. The van der Waals surface area contributed by atoms with E-state index < -0.39 is 0 Å². The predicted octanol–water partition coefficient (Wildman–Crippen LogP) is 4.86. The minimum atomic E-state index is 0.223. The zero-order chi connectivity index (χ0) is 13.7. The Morgan fingerprint density at radius 3 is 1.82 bits per heavy atom. The Morgan fingerprint density at radius 2 is 1.47 bits per heavy atom. The Bertz CT molecular complexity index is 309. The quantitative estimate of drug-likeness (QED) is 0.623. The molecule has 0 aromatic carbocycles. The maximum Gasteiger partial charge on any atom is 0.0583 e. The second-order valence-corrected chi connectivity index (χ2v) is 7.12. The minimum Gasteiger partial charge on any atom is -0.267 e. The summed E-state index contributed by atoms with van der Waals surface area (Å²) in [5.41, 5.74) is 2.62. The fraction of sp³-hybridized carbons (Fsp3) is 0.733. The Morgan fingerprint density at radius 1 is 1.00 bits per heavy atom. The van der Waals surface area contributed by atoms with Crippen LogP contribution in [0.4, 0.5) is 0 Å². The number of nitrogens with zero attached hydrogens (tertiary/aromatic N) is 2. The van der Waals surface area contributed by atoms with Gasteiger partial charge in [-0.15, -0.1) is 0 Å². The van der Waals surface area contributed by atoms with Crippen LogP contribution in [0.5, 0.6) is 0 Å². The van der Waals surface area contributed by atoms with Crippen LogP contribution >= 0.6 is 0 Å². The van der Waals surface area contributed by atoms with Crippen LogP contribution in [0.25, 0.3) is 0 Å². The third kappa shape index (κ3) is 9.98. The molecule has 0 fully saturated rings. The molecule has 0 amide bonds. The van der Waals surface area contributed by atoms with Gasteiger partial charge in [-0.25, -0.2) is 0 Å². The molecule has 0 aliphatic carbocycles. The Kier molecular flexibility index (Phi) is 5.80. The van der Waals surface area contributed by atoms with Gasteiger partial charge < -0.3 is 0 Å². The van der Waals surface area contributed by atoms with Gasteiger partial charge in [-0.1, -0.05) is 41.5 Å². The largest absolute Gasteiger partial charge is 0.267 e. The van der Waals surface area contributed by atoms with Crippen LogP contribution in [0.15, 0.2) is 21.9 Å². The van der Waals surface area contributed by atoms with Crippen molar-refractivity contribution in [2.75, 3.05) is 0 Å². The van der Waals surface area contributed by atoms with Crippen molar-refractivity contribution in [2.45, 2.75) is 61.3 Å². The smallest absolute Gasteiger partial charge is 0.0583 e. The zero-order valence-corrected chi connectivity index (χ0v) is 12.6. The van der Waals surface area contributed by atoms with Gasteiger partial charge in [-0.2, -0.15) is 0 Å². The van der Waals surface area contributed by atoms with E-state index in [4.69, 9.17) is 0 Å². The highest BCUT2D eigenvalue weighted by atomic mass is 14.8. The molecule has 0 saturated heterocycles. The van der Waals surface area contributed by atoms with E-state index in [-0.39, 0.29) is 10.8 Å². The minimum absolute atomic E-state index is 0.223. The molecule has 17 heavy (non-hydrogen) atoms. The first-order valence-corrected chi connectivity index (χ1v) is 6.22. The van der Waals surface area contributed by atoms with E-state index in [9.17, 15) is 0 Å². The number of allylic oxidation sites excluding steroid dienone is 1. The van der Waals surface area contributed by atoms with Gasteiger partial charge in [0.15, 0.2) is 0 Å². The molecular weight excluding hydrogens is 208 g/mol. The lowest BCUT2D eigenvalue weighted by molar-refractivity contribution is 0.408. The molecule has 0 aromatic heterocycles. The Hall–Kier alpha value is -0.920. The van der Waals surface area contributed by atoms with Crippen molar-refractivity contribution in [1.29, 1.82) is 0 Å². The molecule has 0 saturated carbocycles. The average Bonchev–Trinajstić information content (AvgIpc) is 2.07. The SMILES string of the molecule is C=N/C(=C\N=C(/C)CC(C)(C)C)CC(C)(C)C. The van der Waals surface area contributed by atoms with Crippen LogP contribution in [0.1, 0.15) is 61.3 Å². The van der Waals surface area contributed by atoms with E-state index >= 15 is 0 Å². The highest BCUT2D eigenvalue weighted by molar-refractivity contribution is 5.83. The molecule has 0 bridgehead atoms. The molecule has 0 aromatic rings. The van der Waals surface area contributed by atoms with Crippen LogP contribution in [-0.4, -0.2) is 12.4 Å². The van der Waals surface area contributed by atoms with E-state index in [0.717, 1.165) is 24.3 Å². The third-order valence-corrected chi connectivity index (χ3v) is 2.13. The molecule has 0 N–H and O–H groups in total. The molecular formula is C15H28N2. The van der Waals surface area contributed by atoms with E-state index in [1.54, 1.807) is 0 Å². The Balaban J connectivity index is 4.65. The van der Waals surface area contributed by atoms with Gasteiger partial charge in [0.05, 0.1) is 5.70 Å². The number of rotatable bonds is 4. The van der Waals surface area contributed by atoms with E-state index in [2.05, 4.69) is 65.2 Å². The van der Waals surface area contributed by atoms with Crippen LogP contribution in [0.3, 0.4) is 0 Å². The summed E-state index contributed by atoms with van der Waals surface area (Å²) in [7, 11) is 0. The number of hydrogen-bond acceptors (Lipinski definition) is 2. The molecule has 0 rings (SSSR count). The second-order valence-electron chi connectivity index (χ2n) is 7.12. The topological polar surface area (TPSA) is 24.7 Å². The summed E-state index contributed by atoms with van der Waals surface area (Å²) in [6, 6.07) is 0. The fourth-order valence-corrected chi connectivity index (χ4v) is 1.68. The lowest BCUT2D eigenvalue weighted by Crippen LogP contribution is -2.10. The monoisotopic (exact) mass is 236 g/mol. The molecule has 98 valence electrons. The molecule has 0 radical (unpaired) electrons. The van der Waals surface area contributed by atoms with Crippen molar-refractivity contribution in [1.82, 2.24) is 0 Å². The summed E-state index contributed by atoms with van der Waals surface area (Å²) in [4.78, 5) is 8.53. The van der Waals surface area contributed by atoms with Crippen molar-refractivity contribution < 1.29 is 0 Å². The Labute approximate surface area is 107 Å². The van der Waals surface area contributed by atoms with Crippen LogP contribution in [-0.2, 0) is 0 Å². The van der Waals surface area contributed by atoms with Gasteiger partial charge in [-0.05, 0) is 37.3 Å². The van der Waals surface area contributed by atoms with Gasteiger partial charge in [-0.3, -0.25) is 9.98 Å². The molecule has 0 heterocycles. The lowest BCUT2D eigenvalue weighted by atomic mass is 9.90. The van der Waals surface area contributed by atoms with Crippen LogP contribution in [0.2, 0.25) is 0 Å². The molecule has 0 unspecified atom stereocenters. The lowest BCUT2D eigenvalue weighted by Gasteiger charge is -2.18. The third-order valence-electron chi connectivity index (χ3n) is 2.13. The molecule has 0 spiro atoms. The van der Waals surface area contributed by atoms with Crippen LogP contribution in [0, 0.1) is 10.8 Å². The summed E-state index contributed by atoms with van der Waals surface area (Å²) >= 11 is 0. The van der Waals surface area contributed by atoms with Gasteiger partial charge in [0.25, 0.3) is 0 Å². The van der Waals surface area contributed by atoms with E-state index in [0.29, 0.717) is 0 Å². The normalized spacial score (nSPS) is 15.0. The highest BCUT2D eigenvalue weighted by Gasteiger charge is 2.13. The fourth-order valence-electron chi connectivity index (χ4n) is 1.68. The van der Waals surface area contributed by atoms with Gasteiger partial charge in [0.1, 0.15) is 0 Å². The first-order chi connectivity index (χ1) is 7.53. The summed E-state index contributed by atoms with van der Waals surface area (Å²) in [5.74, 6) is 0. The first-order valence-electron chi connectivity index (χ1n) is 6.22. The standard InChI is InChI=1S/C15H28N2/c1-12(9-14(2,3)4)17-11-13(16-8)10-15(5,6)7/h11H,8-10H2,1-7H3/b13-11-,17-12+. The first kappa shape index (κ1) is 16.1. The summed E-state index contributed by atoms with van der Waals surface area (Å²) in [5, 5.41) is 0. The van der Waals surface area contributed by atoms with Gasteiger partial charge in [0.2, 0.25) is 0 Å². The van der Waals surface area contributed by atoms with Gasteiger partial charge >= 0.3 is 0 Å². The zero-order valence-electron chi connectivity index (χ0n) is 12.6. The van der Waals surface area contributed by atoms with Crippen molar-refractivity contribution in [2.24, 2.45) is 20.8 Å². The summed E-state index contributed by atoms with van der Waals surface area (Å²) < 4.78 is 0. The summed E-state index contributed by atoms with van der Waals surface area (Å²) in [6.45, 7) is 18.9. The highest BCUT2D eigenvalue weighted by Crippen LogP contribution is 2.24. The maximum atomic E-state index is 4.49. The van der Waals surface area contributed by atoms with Crippen LogP contribution < -0.4 is 0 Å². The van der Waals surface area contributed by atoms with Gasteiger partial charge in [0, 0.05) is 11.9 Å². The molecule has 0 aliphatic heterocycles. The van der Waals surface area contributed by atoms with E-state index in [1.165, 1.54) is 0 Å². The number of aliphatic imine (C=N–C) groups is 2. The molecule has 2 heteroatoms. The molecule has 0 atom stereocenters. The number of hydrogen-bond donors (Lipinski definition) is 0. The van der Waals surface area contributed by atoms with Crippen molar-refractivity contribution in [3.8, 4) is 0 Å². The summed E-state index contributed by atoms with van der Waals surface area (Å²) in [6.07, 6.45) is 3.77. The predicted molar refractivity (Wildman–Crippen MR) is 78.9 cm³/mol. The van der Waals surface area contributed by atoms with Crippen molar-refractivity contribution in [3.63, 3.8) is 0 Å². The molecule has 0 aliphatic rings. The second kappa shape index (κ2) is 6.13.